The first kappa shape index (κ1) is 67.3. The van der Waals surface area contributed by atoms with Crippen LogP contribution in [0.25, 0.3) is 0 Å². The van der Waals surface area contributed by atoms with Crippen LogP contribution in [0.5, 0.6) is 0 Å². The van der Waals surface area contributed by atoms with Crippen molar-refractivity contribution in [3.8, 4) is 0 Å². The molecule has 0 aromatic heterocycles. The number of hydrogen-bond donors (Lipinski definition) is 1. The summed E-state index contributed by atoms with van der Waals surface area (Å²) >= 11 is 0. The minimum atomic E-state index is -0.777. The molecule has 0 aromatic rings. The van der Waals surface area contributed by atoms with E-state index in [0.717, 1.165) is 70.6 Å². The molecule has 0 fully saturated rings. The molecular weight excluding hydrogens is 861 g/mol. The molecule has 0 amide bonds. The van der Waals surface area contributed by atoms with Crippen molar-refractivity contribution in [3.63, 3.8) is 0 Å². The number of rotatable bonds is 56. The number of allylic oxidation sites excluding steroid dienone is 12. The van der Waals surface area contributed by atoms with E-state index in [2.05, 4.69) is 86.8 Å². The standard InChI is InChI=1S/C65H116O5/c1-3-5-7-9-11-13-15-17-19-21-23-25-27-28-29-30-31-32-33-34-35-36-38-39-41-43-45-47-49-51-53-55-57-59-64(67)69-62-63(61-66)70-65(68)60-58-56-54-52-50-48-46-44-42-40-37-26-24-22-20-18-16-14-12-10-8-6-4-2/h6,8,12,14-15,17-18,20-21,23-24,26,63,66H,3-5,7,9-11,13,16,19,22,25,27-62H2,1-2H3/b8-6-,14-12-,17-15-,20-18-,23-21-,26-24-. The van der Waals surface area contributed by atoms with Crippen molar-refractivity contribution in [2.75, 3.05) is 13.2 Å². The topological polar surface area (TPSA) is 72.8 Å². The van der Waals surface area contributed by atoms with E-state index in [9.17, 15) is 14.7 Å². The van der Waals surface area contributed by atoms with Crippen molar-refractivity contribution in [1.82, 2.24) is 0 Å². The number of esters is 2. The Morgan fingerprint density at radius 3 is 0.929 bits per heavy atom. The van der Waals surface area contributed by atoms with Crippen molar-refractivity contribution in [1.29, 1.82) is 0 Å². The van der Waals surface area contributed by atoms with Gasteiger partial charge in [0.2, 0.25) is 0 Å². The summed E-state index contributed by atoms with van der Waals surface area (Å²) in [7, 11) is 0. The Morgan fingerprint density at radius 1 is 0.343 bits per heavy atom. The lowest BCUT2D eigenvalue weighted by Crippen LogP contribution is -2.28. The Balaban J connectivity index is 3.44. The van der Waals surface area contributed by atoms with Gasteiger partial charge < -0.3 is 14.6 Å². The number of carbonyl (C=O) groups excluding carboxylic acids is 2. The second-order valence-corrected chi connectivity index (χ2v) is 20.4. The molecule has 5 heteroatoms. The number of aliphatic hydroxyl groups excluding tert-OH is 1. The Labute approximate surface area is 435 Å². The van der Waals surface area contributed by atoms with Crippen molar-refractivity contribution in [2.45, 2.75) is 315 Å². The molecule has 5 nitrogen and oxygen atoms in total. The Morgan fingerprint density at radius 2 is 0.614 bits per heavy atom. The third-order valence-electron chi connectivity index (χ3n) is 13.5. The van der Waals surface area contributed by atoms with Crippen molar-refractivity contribution in [3.05, 3.63) is 72.9 Å². The SMILES string of the molecule is CC/C=C\C/C=C\C/C=C\C/C=C\CCCCCCCCCCCCC(=O)OC(CO)COC(=O)CCCCCCCCCCCCCCCCCCCCCCC/C=C\C/C=C\CCCCCCC. The molecule has 0 spiro atoms. The summed E-state index contributed by atoms with van der Waals surface area (Å²) in [6, 6.07) is 0. The minimum Gasteiger partial charge on any atom is -0.462 e. The fraction of sp³-hybridized carbons (Fsp3) is 0.785. The molecular formula is C65H116O5. The molecule has 0 saturated carbocycles. The van der Waals surface area contributed by atoms with Crippen LogP contribution in [0.2, 0.25) is 0 Å². The van der Waals surface area contributed by atoms with E-state index in [4.69, 9.17) is 9.47 Å². The van der Waals surface area contributed by atoms with Crippen LogP contribution in [0.15, 0.2) is 72.9 Å². The largest absolute Gasteiger partial charge is 0.462 e. The number of ether oxygens (including phenoxy) is 2. The lowest BCUT2D eigenvalue weighted by Gasteiger charge is -2.15. The first-order valence-electron chi connectivity index (χ1n) is 30.5. The molecule has 0 saturated heterocycles. The summed E-state index contributed by atoms with van der Waals surface area (Å²) in [5.74, 6) is -0.584. The summed E-state index contributed by atoms with van der Waals surface area (Å²) in [5.41, 5.74) is 0. The molecule has 1 atom stereocenters. The van der Waals surface area contributed by atoms with Gasteiger partial charge in [0.15, 0.2) is 6.10 Å². The fourth-order valence-corrected chi connectivity index (χ4v) is 8.93. The average molecular weight is 978 g/mol. The molecule has 1 N–H and O–H groups in total. The van der Waals surface area contributed by atoms with Gasteiger partial charge >= 0.3 is 11.9 Å². The monoisotopic (exact) mass is 977 g/mol. The number of hydrogen-bond acceptors (Lipinski definition) is 5. The van der Waals surface area contributed by atoms with E-state index in [1.165, 1.54) is 212 Å². The number of carbonyl (C=O) groups is 2. The summed E-state index contributed by atoms with van der Waals surface area (Å²) in [4.78, 5) is 24.6. The predicted octanol–water partition coefficient (Wildman–Crippen LogP) is 20.8. The zero-order chi connectivity index (χ0) is 50.6. The van der Waals surface area contributed by atoms with E-state index in [1.54, 1.807) is 0 Å². The van der Waals surface area contributed by atoms with Gasteiger partial charge in [0.25, 0.3) is 0 Å². The van der Waals surface area contributed by atoms with Gasteiger partial charge in [-0.05, 0) is 83.5 Å². The van der Waals surface area contributed by atoms with Gasteiger partial charge in [-0.25, -0.2) is 0 Å². The highest BCUT2D eigenvalue weighted by atomic mass is 16.6. The van der Waals surface area contributed by atoms with Crippen LogP contribution in [0.1, 0.15) is 309 Å². The lowest BCUT2D eigenvalue weighted by atomic mass is 10.0. The second kappa shape index (κ2) is 60.6. The maximum atomic E-state index is 12.3. The fourth-order valence-electron chi connectivity index (χ4n) is 8.93. The average Bonchev–Trinajstić information content (AvgIpc) is 3.36. The van der Waals surface area contributed by atoms with Crippen LogP contribution >= 0.6 is 0 Å². The van der Waals surface area contributed by atoms with E-state index in [1.807, 2.05) is 0 Å². The van der Waals surface area contributed by atoms with Crippen LogP contribution < -0.4 is 0 Å². The van der Waals surface area contributed by atoms with Gasteiger partial charge in [-0.1, -0.05) is 286 Å². The van der Waals surface area contributed by atoms with Crippen LogP contribution in [0, 0.1) is 0 Å². The first-order chi connectivity index (χ1) is 34.6. The first-order valence-corrected chi connectivity index (χ1v) is 30.5. The summed E-state index contributed by atoms with van der Waals surface area (Å²) in [5, 5.41) is 9.67. The molecule has 0 aliphatic rings. The number of aliphatic hydroxyl groups is 1. The smallest absolute Gasteiger partial charge is 0.306 e. The molecule has 0 aromatic carbocycles. The van der Waals surface area contributed by atoms with Gasteiger partial charge in [0.1, 0.15) is 6.61 Å². The summed E-state index contributed by atoms with van der Waals surface area (Å²) in [6.07, 6.45) is 83.3. The van der Waals surface area contributed by atoms with Gasteiger partial charge in [0.05, 0.1) is 6.61 Å². The molecule has 0 heterocycles. The highest BCUT2D eigenvalue weighted by Crippen LogP contribution is 2.17. The van der Waals surface area contributed by atoms with Crippen LogP contribution in [0.4, 0.5) is 0 Å². The Bertz CT molecular complexity index is 1240. The van der Waals surface area contributed by atoms with Gasteiger partial charge in [-0.2, -0.15) is 0 Å². The maximum absolute atomic E-state index is 12.3. The predicted molar refractivity (Wildman–Crippen MR) is 306 cm³/mol. The Hall–Kier alpha value is -2.66. The van der Waals surface area contributed by atoms with E-state index in [0.29, 0.717) is 12.8 Å². The molecule has 0 rings (SSSR count). The molecule has 0 aliphatic heterocycles. The van der Waals surface area contributed by atoms with Gasteiger partial charge in [-0.15, -0.1) is 0 Å². The van der Waals surface area contributed by atoms with Crippen LogP contribution in [-0.4, -0.2) is 36.4 Å². The molecule has 406 valence electrons. The molecule has 70 heavy (non-hydrogen) atoms. The molecule has 0 radical (unpaired) electrons. The van der Waals surface area contributed by atoms with E-state index >= 15 is 0 Å². The third-order valence-corrected chi connectivity index (χ3v) is 13.5. The van der Waals surface area contributed by atoms with Crippen LogP contribution in [0.3, 0.4) is 0 Å². The Kier molecular flexibility index (Phi) is 58.3. The van der Waals surface area contributed by atoms with Crippen molar-refractivity contribution < 1.29 is 24.2 Å². The van der Waals surface area contributed by atoms with Gasteiger partial charge in [0, 0.05) is 12.8 Å². The molecule has 1 unspecified atom stereocenters. The summed E-state index contributed by atoms with van der Waals surface area (Å²) < 4.78 is 10.7. The zero-order valence-electron chi connectivity index (χ0n) is 46.5. The highest BCUT2D eigenvalue weighted by Gasteiger charge is 2.16. The third kappa shape index (κ3) is 57.9. The van der Waals surface area contributed by atoms with Crippen molar-refractivity contribution in [2.24, 2.45) is 0 Å². The van der Waals surface area contributed by atoms with Crippen molar-refractivity contribution >= 4 is 11.9 Å². The van der Waals surface area contributed by atoms with E-state index in [-0.39, 0.29) is 25.2 Å². The normalized spacial score (nSPS) is 12.7. The zero-order valence-corrected chi connectivity index (χ0v) is 46.5. The van der Waals surface area contributed by atoms with Crippen LogP contribution in [-0.2, 0) is 19.1 Å². The lowest BCUT2D eigenvalue weighted by molar-refractivity contribution is -0.161. The summed E-state index contributed by atoms with van der Waals surface area (Å²) in [6.45, 7) is 4.05. The quantitative estimate of drug-likeness (QED) is 0.0373. The molecule has 0 aliphatic carbocycles. The number of unbranched alkanes of at least 4 members (excludes halogenated alkanes) is 36. The maximum Gasteiger partial charge on any atom is 0.306 e. The second-order valence-electron chi connectivity index (χ2n) is 20.4. The van der Waals surface area contributed by atoms with E-state index < -0.39 is 6.10 Å². The highest BCUT2D eigenvalue weighted by molar-refractivity contribution is 5.70. The molecule has 0 bridgehead atoms. The van der Waals surface area contributed by atoms with Gasteiger partial charge in [-0.3, -0.25) is 9.59 Å². The minimum absolute atomic E-state index is 0.0667.